The topological polar surface area (TPSA) is 65.7 Å². The van der Waals surface area contributed by atoms with E-state index in [1.165, 1.54) is 25.1 Å². The number of halogens is 1. The van der Waals surface area contributed by atoms with Crippen molar-refractivity contribution in [3.05, 3.63) is 63.2 Å². The molecule has 0 saturated heterocycles. The minimum atomic E-state index is -0.299. The fraction of sp³-hybridized carbons (Fsp3) is 0.167. The lowest BCUT2D eigenvalue weighted by atomic mass is 10.2. The third-order valence-electron chi connectivity index (χ3n) is 3.73. The van der Waals surface area contributed by atoms with Crippen LogP contribution in [0.2, 0.25) is 5.02 Å². The van der Waals surface area contributed by atoms with E-state index in [9.17, 15) is 4.79 Å². The van der Waals surface area contributed by atoms with Crippen molar-refractivity contribution < 1.29 is 9.47 Å². The van der Waals surface area contributed by atoms with Gasteiger partial charge in [0.1, 0.15) is 5.82 Å². The molecule has 0 radical (unpaired) electrons. The van der Waals surface area contributed by atoms with E-state index in [1.807, 2.05) is 18.2 Å². The molecule has 0 unspecified atom stereocenters. The van der Waals surface area contributed by atoms with Crippen LogP contribution in [-0.4, -0.2) is 30.1 Å². The highest BCUT2D eigenvalue weighted by atomic mass is 35.5. The van der Waals surface area contributed by atoms with Crippen LogP contribution in [0.4, 0.5) is 0 Å². The molecule has 0 aliphatic rings. The molecule has 0 N–H and O–H groups in total. The molecule has 0 amide bonds. The lowest BCUT2D eigenvalue weighted by Gasteiger charge is -2.10. The van der Waals surface area contributed by atoms with Gasteiger partial charge in [0.15, 0.2) is 11.5 Å². The Kier molecular flexibility index (Phi) is 4.72. The molecule has 7 heteroatoms. The molecule has 0 spiro atoms. The van der Waals surface area contributed by atoms with Crippen LogP contribution in [0.1, 0.15) is 11.4 Å². The molecule has 0 bridgehead atoms. The fourth-order valence-corrected chi connectivity index (χ4v) is 2.64. The number of hydrogen-bond acceptors (Lipinski definition) is 5. The maximum atomic E-state index is 12.8. The average Bonchev–Trinajstić information content (AvgIpc) is 2.62. The predicted molar refractivity (Wildman–Crippen MR) is 98.3 cm³/mol. The molecule has 0 aliphatic heterocycles. The zero-order valence-electron chi connectivity index (χ0n) is 14.0. The Morgan fingerprint density at radius 3 is 2.52 bits per heavy atom. The molecule has 0 saturated carbocycles. The first-order valence-electron chi connectivity index (χ1n) is 7.49. The lowest BCUT2D eigenvalue weighted by Crippen LogP contribution is -2.20. The highest BCUT2D eigenvalue weighted by Gasteiger charge is 2.13. The largest absolute Gasteiger partial charge is 0.493 e. The van der Waals surface area contributed by atoms with Crippen LogP contribution in [-0.2, 0) is 0 Å². The van der Waals surface area contributed by atoms with E-state index in [0.29, 0.717) is 38.8 Å². The van der Waals surface area contributed by atoms with Crippen LogP contribution in [0.5, 0.6) is 11.5 Å². The monoisotopic (exact) mass is 357 g/mol. The summed E-state index contributed by atoms with van der Waals surface area (Å²) in [4.78, 5) is 17.2. The summed E-state index contributed by atoms with van der Waals surface area (Å²) in [6.07, 6.45) is 1.53. The van der Waals surface area contributed by atoms with E-state index in [1.54, 1.807) is 25.1 Å². The summed E-state index contributed by atoms with van der Waals surface area (Å²) >= 11 is 6.11. The highest BCUT2D eigenvalue weighted by molar-refractivity contribution is 6.33. The van der Waals surface area contributed by atoms with Crippen molar-refractivity contribution in [1.82, 2.24) is 9.66 Å². The van der Waals surface area contributed by atoms with Gasteiger partial charge in [-0.15, -0.1) is 0 Å². The summed E-state index contributed by atoms with van der Waals surface area (Å²) in [5.41, 5.74) is 0.930. The number of aromatic nitrogens is 2. The van der Waals surface area contributed by atoms with Gasteiger partial charge in [-0.05, 0) is 19.1 Å². The van der Waals surface area contributed by atoms with Crippen LogP contribution in [0.3, 0.4) is 0 Å². The Morgan fingerprint density at radius 2 is 1.84 bits per heavy atom. The molecule has 2 aromatic carbocycles. The van der Waals surface area contributed by atoms with E-state index >= 15 is 0 Å². The SMILES string of the molecule is COc1cc2nc(C)n(/N=C/c3ccccc3Cl)c(=O)c2cc1OC. The maximum Gasteiger partial charge on any atom is 0.282 e. The summed E-state index contributed by atoms with van der Waals surface area (Å²) in [7, 11) is 3.05. The first-order valence-corrected chi connectivity index (χ1v) is 7.87. The Morgan fingerprint density at radius 1 is 1.16 bits per heavy atom. The molecule has 25 heavy (non-hydrogen) atoms. The van der Waals surface area contributed by atoms with Crippen LogP contribution >= 0.6 is 11.6 Å². The fourth-order valence-electron chi connectivity index (χ4n) is 2.45. The minimum Gasteiger partial charge on any atom is -0.493 e. The summed E-state index contributed by atoms with van der Waals surface area (Å²) in [5.74, 6) is 1.42. The minimum absolute atomic E-state index is 0.299. The summed E-state index contributed by atoms with van der Waals surface area (Å²) < 4.78 is 11.7. The van der Waals surface area contributed by atoms with Gasteiger partial charge in [-0.2, -0.15) is 9.78 Å². The van der Waals surface area contributed by atoms with Gasteiger partial charge in [0.2, 0.25) is 0 Å². The van der Waals surface area contributed by atoms with Crippen LogP contribution in [0.25, 0.3) is 10.9 Å². The standard InChI is InChI=1S/C18H16ClN3O3/c1-11-21-15-9-17(25-3)16(24-2)8-13(15)18(23)22(11)20-10-12-6-4-5-7-14(12)19/h4-10H,1-3H3/b20-10+. The number of aryl methyl sites for hydroxylation is 1. The first kappa shape index (κ1) is 17.0. The van der Waals surface area contributed by atoms with Gasteiger partial charge in [0.25, 0.3) is 5.56 Å². The molecule has 128 valence electrons. The zero-order valence-corrected chi connectivity index (χ0v) is 14.7. The summed E-state index contributed by atoms with van der Waals surface area (Å²) in [6.45, 7) is 1.71. The van der Waals surface area contributed by atoms with E-state index in [2.05, 4.69) is 10.1 Å². The number of ether oxygens (including phenoxy) is 2. The van der Waals surface area contributed by atoms with Gasteiger partial charge in [-0.1, -0.05) is 29.8 Å². The molecular formula is C18H16ClN3O3. The second kappa shape index (κ2) is 6.94. The Bertz CT molecular complexity index is 1030. The van der Waals surface area contributed by atoms with E-state index < -0.39 is 0 Å². The van der Waals surface area contributed by atoms with Crippen LogP contribution in [0, 0.1) is 6.92 Å². The summed E-state index contributed by atoms with van der Waals surface area (Å²) in [5, 5.41) is 5.19. The number of fused-ring (bicyclic) bond motifs is 1. The van der Waals surface area contributed by atoms with Gasteiger partial charge >= 0.3 is 0 Å². The van der Waals surface area contributed by atoms with Gasteiger partial charge in [0, 0.05) is 16.7 Å². The van der Waals surface area contributed by atoms with E-state index in [4.69, 9.17) is 21.1 Å². The second-order valence-corrected chi connectivity index (χ2v) is 5.67. The van der Waals surface area contributed by atoms with Crippen molar-refractivity contribution in [3.63, 3.8) is 0 Å². The third kappa shape index (κ3) is 3.21. The number of methoxy groups -OCH3 is 2. The Hall–Kier alpha value is -2.86. The molecule has 0 atom stereocenters. The molecule has 6 nitrogen and oxygen atoms in total. The molecule has 1 aromatic heterocycles. The van der Waals surface area contributed by atoms with Crippen LogP contribution < -0.4 is 15.0 Å². The van der Waals surface area contributed by atoms with Crippen molar-refractivity contribution >= 4 is 28.7 Å². The number of rotatable bonds is 4. The Balaban J connectivity index is 2.16. The van der Waals surface area contributed by atoms with Gasteiger partial charge in [-0.3, -0.25) is 4.79 Å². The van der Waals surface area contributed by atoms with Crippen molar-refractivity contribution in [3.8, 4) is 11.5 Å². The van der Waals surface area contributed by atoms with Crippen molar-refractivity contribution in [2.75, 3.05) is 14.2 Å². The normalized spacial score (nSPS) is 11.2. The molecule has 0 fully saturated rings. The number of benzene rings is 2. The van der Waals surface area contributed by atoms with E-state index in [-0.39, 0.29) is 5.56 Å². The predicted octanol–water partition coefficient (Wildman–Crippen LogP) is 3.26. The van der Waals surface area contributed by atoms with E-state index in [0.717, 1.165) is 0 Å². The molecule has 3 rings (SSSR count). The Labute approximate surface area is 149 Å². The number of hydrogen-bond donors (Lipinski definition) is 0. The smallest absolute Gasteiger partial charge is 0.282 e. The molecule has 1 heterocycles. The quantitative estimate of drug-likeness (QED) is 0.672. The van der Waals surface area contributed by atoms with Crippen molar-refractivity contribution in [1.29, 1.82) is 0 Å². The van der Waals surface area contributed by atoms with Gasteiger partial charge < -0.3 is 9.47 Å². The van der Waals surface area contributed by atoms with Crippen LogP contribution in [0.15, 0.2) is 46.3 Å². The molecule has 3 aromatic rings. The van der Waals surface area contributed by atoms with Crippen molar-refractivity contribution in [2.24, 2.45) is 5.10 Å². The third-order valence-corrected chi connectivity index (χ3v) is 4.08. The van der Waals surface area contributed by atoms with Gasteiger partial charge in [-0.25, -0.2) is 4.98 Å². The second-order valence-electron chi connectivity index (χ2n) is 5.27. The highest BCUT2D eigenvalue weighted by Crippen LogP contribution is 2.30. The van der Waals surface area contributed by atoms with Crippen molar-refractivity contribution in [2.45, 2.75) is 6.92 Å². The van der Waals surface area contributed by atoms with Gasteiger partial charge in [0.05, 0.1) is 31.3 Å². The average molecular weight is 358 g/mol. The molecular weight excluding hydrogens is 342 g/mol. The summed E-state index contributed by atoms with van der Waals surface area (Å²) in [6, 6.07) is 10.5. The maximum absolute atomic E-state index is 12.8. The molecule has 0 aliphatic carbocycles. The zero-order chi connectivity index (χ0) is 18.0. The lowest BCUT2D eigenvalue weighted by molar-refractivity contribution is 0.355. The first-order chi connectivity index (χ1) is 12.0. The number of nitrogens with zero attached hydrogens (tertiary/aromatic N) is 3.